The molecule has 172 valence electrons. The maximum absolute atomic E-state index is 11.2. The highest BCUT2D eigenvalue weighted by Gasteiger charge is 2.23. The fraction of sp³-hybridized carbons (Fsp3) is 0.414. The molecule has 0 N–H and O–H groups in total. The molecule has 0 bridgehead atoms. The molecule has 0 fully saturated rings. The second-order valence-corrected chi connectivity index (χ2v) is 9.38. The summed E-state index contributed by atoms with van der Waals surface area (Å²) in [5, 5.41) is 0. The lowest BCUT2D eigenvalue weighted by Gasteiger charge is -2.30. The normalized spacial score (nSPS) is 13.1. The van der Waals surface area contributed by atoms with E-state index in [1.807, 2.05) is 0 Å². The molecule has 33 heavy (non-hydrogen) atoms. The first-order chi connectivity index (χ1) is 16.0. The molecule has 0 aliphatic carbocycles. The van der Waals surface area contributed by atoms with Gasteiger partial charge in [0.15, 0.2) is 5.82 Å². The molecule has 0 atom stereocenters. The molecule has 0 radical (unpaired) electrons. The molecule has 0 saturated heterocycles. The van der Waals surface area contributed by atoms with Crippen LogP contribution in [0.2, 0.25) is 0 Å². The van der Waals surface area contributed by atoms with E-state index in [-0.39, 0.29) is 0 Å². The number of hydrogen-bond donors (Lipinski definition) is 0. The number of rotatable bonds is 9. The van der Waals surface area contributed by atoms with Crippen molar-refractivity contribution in [1.82, 2.24) is 9.97 Å². The van der Waals surface area contributed by atoms with Gasteiger partial charge in [-0.3, -0.25) is 0 Å². The number of unbranched alkanes of at least 4 members (excludes halogenated alkanes) is 3. The van der Waals surface area contributed by atoms with Gasteiger partial charge in [-0.05, 0) is 46.5 Å². The summed E-state index contributed by atoms with van der Waals surface area (Å²) in [7, 11) is 0. The predicted octanol–water partition coefficient (Wildman–Crippen LogP) is 6.72. The lowest BCUT2D eigenvalue weighted by atomic mass is 10.0. The van der Waals surface area contributed by atoms with Crippen molar-refractivity contribution in [2.75, 3.05) is 18.0 Å². The van der Waals surface area contributed by atoms with Gasteiger partial charge in [-0.2, -0.15) is 0 Å². The number of ketones is 1. The van der Waals surface area contributed by atoms with Crippen LogP contribution >= 0.6 is 0 Å². The van der Waals surface area contributed by atoms with E-state index in [0.29, 0.717) is 12.2 Å². The van der Waals surface area contributed by atoms with Crippen LogP contribution in [-0.4, -0.2) is 28.8 Å². The topological polar surface area (TPSA) is 46.1 Å². The van der Waals surface area contributed by atoms with Crippen molar-refractivity contribution in [1.29, 1.82) is 0 Å². The number of aromatic nitrogens is 2. The Morgan fingerprint density at radius 2 is 1.39 bits per heavy atom. The zero-order valence-electron chi connectivity index (χ0n) is 20.2. The van der Waals surface area contributed by atoms with Crippen LogP contribution in [0.4, 0.5) is 5.82 Å². The maximum Gasteiger partial charge on any atom is 0.151 e. The number of nitrogens with zero attached hydrogens (tertiary/aromatic N) is 3. The highest BCUT2D eigenvalue weighted by atomic mass is 16.1. The monoisotopic (exact) mass is 441 g/mol. The Labute approximate surface area is 198 Å². The fourth-order valence-corrected chi connectivity index (χ4v) is 4.50. The summed E-state index contributed by atoms with van der Waals surface area (Å²) < 4.78 is 0. The first-order valence-electron chi connectivity index (χ1n) is 12.3. The second kappa shape index (κ2) is 10.7. The summed E-state index contributed by atoms with van der Waals surface area (Å²) in [6, 6.07) is 17.2. The van der Waals surface area contributed by atoms with Crippen LogP contribution in [-0.2, 0) is 11.2 Å². The number of carbonyl (C=O) groups is 1. The Kier molecular flexibility index (Phi) is 7.54. The van der Waals surface area contributed by atoms with Gasteiger partial charge in [-0.25, -0.2) is 9.97 Å². The molecular formula is C29H35N3O. The highest BCUT2D eigenvalue weighted by Crippen LogP contribution is 2.35. The summed E-state index contributed by atoms with van der Waals surface area (Å²) in [4.78, 5) is 24.0. The number of benzene rings is 2. The molecule has 0 unspecified atom stereocenters. The standard InChI is InChI=1S/C29H35N3O/c1-21-11-15-24(16-12-21)27-28(25-17-13-22(2)14-18-25)31-29-26(30-27)10-8-20-32(29)19-7-5-4-6-9-23(3)33/h11-18H,4-10,19-20H2,1-3H3. The van der Waals surface area contributed by atoms with Crippen LogP contribution < -0.4 is 4.90 Å². The molecular weight excluding hydrogens is 406 g/mol. The molecule has 1 aliphatic heterocycles. The first kappa shape index (κ1) is 23.2. The van der Waals surface area contributed by atoms with Crippen molar-refractivity contribution in [2.24, 2.45) is 0 Å². The number of fused-ring (bicyclic) bond motifs is 1. The minimum absolute atomic E-state index is 0.295. The number of aryl methyl sites for hydroxylation is 3. The number of Topliss-reactive ketones (excluding diaryl/α,β-unsaturated/α-hetero) is 1. The van der Waals surface area contributed by atoms with E-state index in [0.717, 1.165) is 85.6 Å². The third-order valence-electron chi connectivity index (χ3n) is 6.44. The van der Waals surface area contributed by atoms with Crippen LogP contribution in [0.5, 0.6) is 0 Å². The van der Waals surface area contributed by atoms with E-state index in [1.54, 1.807) is 6.92 Å². The number of anilines is 1. The van der Waals surface area contributed by atoms with E-state index in [1.165, 1.54) is 11.1 Å². The Balaban J connectivity index is 1.62. The predicted molar refractivity (Wildman–Crippen MR) is 137 cm³/mol. The van der Waals surface area contributed by atoms with Crippen molar-refractivity contribution in [3.05, 3.63) is 65.4 Å². The van der Waals surface area contributed by atoms with E-state index in [9.17, 15) is 4.79 Å². The van der Waals surface area contributed by atoms with Crippen molar-refractivity contribution in [2.45, 2.75) is 65.7 Å². The first-order valence-corrected chi connectivity index (χ1v) is 12.3. The molecule has 0 spiro atoms. The van der Waals surface area contributed by atoms with Gasteiger partial charge < -0.3 is 9.69 Å². The van der Waals surface area contributed by atoms with E-state index >= 15 is 0 Å². The minimum atomic E-state index is 0.295. The molecule has 4 heteroatoms. The minimum Gasteiger partial charge on any atom is -0.355 e. The third kappa shape index (κ3) is 5.87. The van der Waals surface area contributed by atoms with Gasteiger partial charge in [0.1, 0.15) is 5.78 Å². The molecule has 4 rings (SSSR count). The van der Waals surface area contributed by atoms with Gasteiger partial charge in [0.25, 0.3) is 0 Å². The molecule has 1 aromatic heterocycles. The molecule has 3 aromatic rings. The Morgan fingerprint density at radius 3 is 2.00 bits per heavy atom. The zero-order chi connectivity index (χ0) is 23.2. The molecule has 2 aromatic carbocycles. The zero-order valence-corrected chi connectivity index (χ0v) is 20.2. The van der Waals surface area contributed by atoms with Gasteiger partial charge >= 0.3 is 0 Å². The van der Waals surface area contributed by atoms with Gasteiger partial charge in [0.2, 0.25) is 0 Å². The summed E-state index contributed by atoms with van der Waals surface area (Å²) in [6.07, 6.45) is 7.20. The molecule has 0 amide bonds. The van der Waals surface area contributed by atoms with E-state index in [4.69, 9.17) is 9.97 Å². The smallest absolute Gasteiger partial charge is 0.151 e. The Morgan fingerprint density at radius 1 is 0.818 bits per heavy atom. The molecule has 0 saturated carbocycles. The largest absolute Gasteiger partial charge is 0.355 e. The van der Waals surface area contributed by atoms with Crippen LogP contribution in [0.15, 0.2) is 48.5 Å². The van der Waals surface area contributed by atoms with Crippen molar-refractivity contribution in [3.63, 3.8) is 0 Å². The lowest BCUT2D eigenvalue weighted by Crippen LogP contribution is -2.32. The summed E-state index contributed by atoms with van der Waals surface area (Å²) in [6.45, 7) is 7.94. The van der Waals surface area contributed by atoms with Crippen LogP contribution in [0, 0.1) is 13.8 Å². The van der Waals surface area contributed by atoms with Gasteiger partial charge in [-0.1, -0.05) is 72.5 Å². The SMILES string of the molecule is CC(=O)CCCCCCN1CCCc2nc(-c3ccc(C)cc3)c(-c3ccc(C)cc3)nc21. The summed E-state index contributed by atoms with van der Waals surface area (Å²) in [5.74, 6) is 1.35. The van der Waals surface area contributed by atoms with Crippen molar-refractivity contribution < 1.29 is 4.79 Å². The van der Waals surface area contributed by atoms with Crippen molar-refractivity contribution in [3.8, 4) is 22.5 Å². The van der Waals surface area contributed by atoms with Crippen LogP contribution in [0.1, 0.15) is 62.3 Å². The molecule has 4 nitrogen and oxygen atoms in total. The Bertz CT molecular complexity index is 1090. The van der Waals surface area contributed by atoms with Crippen LogP contribution in [0.3, 0.4) is 0 Å². The Hall–Kier alpha value is -3.01. The summed E-state index contributed by atoms with van der Waals surface area (Å²) in [5.41, 5.74) is 7.78. The summed E-state index contributed by atoms with van der Waals surface area (Å²) >= 11 is 0. The van der Waals surface area contributed by atoms with E-state index < -0.39 is 0 Å². The second-order valence-electron chi connectivity index (χ2n) is 9.38. The van der Waals surface area contributed by atoms with Crippen molar-refractivity contribution >= 4 is 11.6 Å². The molecule has 2 heterocycles. The van der Waals surface area contributed by atoms with Gasteiger partial charge in [-0.15, -0.1) is 0 Å². The average molecular weight is 442 g/mol. The van der Waals surface area contributed by atoms with Gasteiger partial charge in [0, 0.05) is 30.6 Å². The molecule has 1 aliphatic rings. The van der Waals surface area contributed by atoms with Crippen LogP contribution in [0.25, 0.3) is 22.5 Å². The number of carbonyl (C=O) groups excluding carboxylic acids is 1. The highest BCUT2D eigenvalue weighted by molar-refractivity contribution is 5.80. The maximum atomic E-state index is 11.2. The fourth-order valence-electron chi connectivity index (χ4n) is 4.50. The van der Waals surface area contributed by atoms with E-state index in [2.05, 4.69) is 67.3 Å². The average Bonchev–Trinajstić information content (AvgIpc) is 2.81. The number of hydrogen-bond acceptors (Lipinski definition) is 4. The quantitative estimate of drug-likeness (QED) is 0.346. The van der Waals surface area contributed by atoms with Gasteiger partial charge in [0.05, 0.1) is 17.1 Å². The lowest BCUT2D eigenvalue weighted by molar-refractivity contribution is -0.117. The third-order valence-corrected chi connectivity index (χ3v) is 6.44.